The normalized spacial score (nSPS) is 14.6. The van der Waals surface area contributed by atoms with Crippen molar-refractivity contribution in [1.29, 1.82) is 0 Å². The minimum absolute atomic E-state index is 0.125. The molecule has 1 aliphatic carbocycles. The number of carbonyl (C=O) groups excluding carboxylic acids is 2. The number of aryl methyl sites for hydroxylation is 1. The molecule has 1 aromatic heterocycles. The number of hydrogen-bond acceptors (Lipinski definition) is 4. The van der Waals surface area contributed by atoms with Crippen molar-refractivity contribution in [2.45, 2.75) is 33.1 Å². The lowest BCUT2D eigenvalue weighted by Crippen LogP contribution is -2.36. The second-order valence-corrected chi connectivity index (χ2v) is 8.12. The van der Waals surface area contributed by atoms with E-state index in [9.17, 15) is 14.0 Å². The number of nitrogens with zero attached hydrogens (tertiary/aromatic N) is 2. The summed E-state index contributed by atoms with van der Waals surface area (Å²) in [7, 11) is 0. The Morgan fingerprint density at radius 2 is 1.68 bits per heavy atom. The summed E-state index contributed by atoms with van der Waals surface area (Å²) in [6.45, 7) is 8.51. The largest absolute Gasteiger partial charge is 0.378 e. The van der Waals surface area contributed by atoms with E-state index in [1.807, 2.05) is 43.0 Å². The van der Waals surface area contributed by atoms with Crippen molar-refractivity contribution < 1.29 is 18.7 Å². The number of rotatable bonds is 5. The predicted octanol–water partition coefficient (Wildman–Crippen LogP) is 4.82. The Morgan fingerprint density at radius 1 is 1.03 bits per heavy atom. The fourth-order valence-corrected chi connectivity index (χ4v) is 4.18. The van der Waals surface area contributed by atoms with Crippen LogP contribution in [0.1, 0.15) is 53.7 Å². The van der Waals surface area contributed by atoms with Crippen LogP contribution in [0.5, 0.6) is 0 Å². The monoisotopic (exact) mass is 463 g/mol. The summed E-state index contributed by atoms with van der Waals surface area (Å²) >= 11 is 0. The maximum atomic E-state index is 14.6. The standard InChI is InChI=1S/C25H24FN3O3.C2H6/c1-2-16-3-5-17(6-4-16)25(31)29-14-19-20(15-29)23(19)24(30)27-18-7-8-22(21(26)13-18)28-9-11-32-12-10-28;1-2/h3-8,13-15,23H,2,9-12H2,1H3,(H,27,30);1-2H3. The number of carbonyl (C=O) groups is 2. The van der Waals surface area contributed by atoms with Crippen LogP contribution in [0.2, 0.25) is 0 Å². The summed E-state index contributed by atoms with van der Waals surface area (Å²) < 4.78 is 21.4. The number of halogens is 1. The van der Waals surface area contributed by atoms with E-state index in [1.54, 1.807) is 24.5 Å². The molecular weight excluding hydrogens is 433 g/mol. The number of fused-ring (bicyclic) bond motifs is 1. The van der Waals surface area contributed by atoms with E-state index in [2.05, 4.69) is 12.2 Å². The van der Waals surface area contributed by atoms with Gasteiger partial charge in [-0.15, -0.1) is 0 Å². The Kier molecular flexibility index (Phi) is 7.12. The van der Waals surface area contributed by atoms with Crippen molar-refractivity contribution >= 4 is 23.2 Å². The smallest absolute Gasteiger partial charge is 0.261 e. The molecular formula is C27H30FN3O3. The molecule has 34 heavy (non-hydrogen) atoms. The number of aromatic nitrogens is 1. The van der Waals surface area contributed by atoms with Gasteiger partial charge in [-0.25, -0.2) is 4.39 Å². The van der Waals surface area contributed by atoms with Crippen LogP contribution in [0.4, 0.5) is 15.8 Å². The first kappa shape index (κ1) is 23.7. The Morgan fingerprint density at radius 3 is 2.26 bits per heavy atom. The van der Waals surface area contributed by atoms with Crippen molar-refractivity contribution in [3.63, 3.8) is 0 Å². The highest BCUT2D eigenvalue weighted by Gasteiger charge is 2.41. The Bertz CT molecular complexity index is 1160. The molecule has 6 nitrogen and oxygen atoms in total. The molecule has 2 heterocycles. The van der Waals surface area contributed by atoms with Crippen LogP contribution in [0.3, 0.4) is 0 Å². The summed E-state index contributed by atoms with van der Waals surface area (Å²) in [5.74, 6) is -1.10. The molecule has 1 N–H and O–H groups in total. The van der Waals surface area contributed by atoms with Gasteiger partial charge in [0.25, 0.3) is 5.91 Å². The number of nitrogens with one attached hydrogen (secondary N) is 1. The van der Waals surface area contributed by atoms with E-state index in [-0.39, 0.29) is 23.5 Å². The highest BCUT2D eigenvalue weighted by atomic mass is 19.1. The molecule has 2 aromatic carbocycles. The number of benzene rings is 2. The lowest BCUT2D eigenvalue weighted by Gasteiger charge is -2.29. The third kappa shape index (κ3) is 4.75. The quantitative estimate of drug-likeness (QED) is 0.589. The number of hydrogen-bond donors (Lipinski definition) is 1. The SMILES string of the molecule is CC.CCc1ccc(C(=O)n2cc3c(c2)C3C(=O)Nc2ccc(N3CCOCC3)c(F)c2)cc1. The van der Waals surface area contributed by atoms with Crippen molar-refractivity contribution in [2.24, 2.45) is 0 Å². The fraction of sp³-hybridized carbons (Fsp3) is 0.333. The van der Waals surface area contributed by atoms with E-state index >= 15 is 0 Å². The molecule has 0 atom stereocenters. The number of anilines is 2. The zero-order valence-electron chi connectivity index (χ0n) is 19.8. The first-order valence-electron chi connectivity index (χ1n) is 11.8. The predicted molar refractivity (Wildman–Crippen MR) is 131 cm³/mol. The summed E-state index contributed by atoms with van der Waals surface area (Å²) in [4.78, 5) is 27.3. The third-order valence-corrected chi connectivity index (χ3v) is 6.10. The maximum absolute atomic E-state index is 14.6. The van der Waals surface area contributed by atoms with Gasteiger partial charge in [-0.3, -0.25) is 14.2 Å². The molecule has 0 saturated carbocycles. The van der Waals surface area contributed by atoms with Crippen molar-refractivity contribution in [3.05, 3.63) is 82.9 Å². The number of amides is 1. The van der Waals surface area contributed by atoms with Gasteiger partial charge in [0.1, 0.15) is 5.82 Å². The Balaban J connectivity index is 0.00000133. The summed E-state index contributed by atoms with van der Waals surface area (Å²) in [6, 6.07) is 12.3. The van der Waals surface area contributed by atoms with Gasteiger partial charge >= 0.3 is 0 Å². The van der Waals surface area contributed by atoms with E-state index in [0.717, 1.165) is 17.5 Å². The van der Waals surface area contributed by atoms with Crippen LogP contribution in [0.25, 0.3) is 0 Å². The van der Waals surface area contributed by atoms with Gasteiger partial charge in [-0.2, -0.15) is 0 Å². The van der Waals surface area contributed by atoms with Crippen LogP contribution < -0.4 is 10.2 Å². The lowest BCUT2D eigenvalue weighted by atomic mass is 10.1. The minimum Gasteiger partial charge on any atom is -0.378 e. The molecule has 2 aliphatic rings. The molecule has 1 fully saturated rings. The summed E-state index contributed by atoms with van der Waals surface area (Å²) in [5.41, 5.74) is 4.36. The van der Waals surface area contributed by atoms with Gasteiger partial charge in [-0.05, 0) is 53.4 Å². The number of ether oxygens (including phenoxy) is 1. The zero-order chi connectivity index (χ0) is 24.2. The fourth-order valence-electron chi connectivity index (χ4n) is 4.18. The molecule has 0 unspecified atom stereocenters. The molecule has 7 heteroatoms. The van der Waals surface area contributed by atoms with Crippen LogP contribution in [0, 0.1) is 5.82 Å². The van der Waals surface area contributed by atoms with Gasteiger partial charge < -0.3 is 15.0 Å². The molecule has 5 rings (SSSR count). The van der Waals surface area contributed by atoms with E-state index in [1.165, 1.54) is 16.2 Å². The second kappa shape index (κ2) is 10.2. The summed E-state index contributed by atoms with van der Waals surface area (Å²) in [6.07, 6.45) is 4.33. The molecule has 0 bridgehead atoms. The first-order valence-corrected chi connectivity index (χ1v) is 11.8. The van der Waals surface area contributed by atoms with Crippen molar-refractivity contribution in [1.82, 2.24) is 4.57 Å². The van der Waals surface area contributed by atoms with Crippen molar-refractivity contribution in [3.8, 4) is 0 Å². The molecule has 1 aliphatic heterocycles. The molecule has 0 spiro atoms. The van der Waals surface area contributed by atoms with Gasteiger partial charge in [0.2, 0.25) is 5.91 Å². The lowest BCUT2D eigenvalue weighted by molar-refractivity contribution is -0.116. The molecule has 178 valence electrons. The highest BCUT2D eigenvalue weighted by Crippen LogP contribution is 2.45. The topological polar surface area (TPSA) is 63.6 Å². The Hall–Kier alpha value is -3.45. The van der Waals surface area contributed by atoms with E-state index in [0.29, 0.717) is 43.2 Å². The summed E-state index contributed by atoms with van der Waals surface area (Å²) in [5, 5.41) is 2.78. The van der Waals surface area contributed by atoms with Gasteiger partial charge in [0.05, 0.1) is 24.8 Å². The van der Waals surface area contributed by atoms with Crippen LogP contribution >= 0.6 is 0 Å². The van der Waals surface area contributed by atoms with Crippen LogP contribution in [-0.4, -0.2) is 42.7 Å². The van der Waals surface area contributed by atoms with Gasteiger partial charge in [0.15, 0.2) is 0 Å². The molecule has 1 saturated heterocycles. The first-order chi connectivity index (χ1) is 16.5. The van der Waals surface area contributed by atoms with Crippen molar-refractivity contribution in [2.75, 3.05) is 36.5 Å². The zero-order valence-corrected chi connectivity index (χ0v) is 19.8. The highest BCUT2D eigenvalue weighted by molar-refractivity contribution is 6.04. The Labute approximate surface area is 199 Å². The minimum atomic E-state index is -0.386. The maximum Gasteiger partial charge on any atom is 0.261 e. The average Bonchev–Trinajstić information content (AvgIpc) is 3.39. The average molecular weight is 464 g/mol. The second-order valence-electron chi connectivity index (χ2n) is 8.12. The van der Waals surface area contributed by atoms with Gasteiger partial charge in [-0.1, -0.05) is 32.9 Å². The van der Waals surface area contributed by atoms with Crippen LogP contribution in [0.15, 0.2) is 54.9 Å². The van der Waals surface area contributed by atoms with Crippen LogP contribution in [-0.2, 0) is 16.0 Å². The molecule has 1 amide bonds. The van der Waals surface area contributed by atoms with E-state index < -0.39 is 0 Å². The van der Waals surface area contributed by atoms with E-state index in [4.69, 9.17) is 4.74 Å². The van der Waals surface area contributed by atoms with Gasteiger partial charge in [0, 0.05) is 36.7 Å². The third-order valence-electron chi connectivity index (χ3n) is 6.10. The molecule has 3 aromatic rings. The molecule has 0 radical (unpaired) electrons. The number of morpholine rings is 1.